The lowest BCUT2D eigenvalue weighted by atomic mass is 10.4. The van der Waals surface area contributed by atoms with Crippen molar-refractivity contribution in [3.8, 4) is 0 Å². The van der Waals surface area contributed by atoms with Gasteiger partial charge in [0.1, 0.15) is 11.3 Å². The van der Waals surface area contributed by atoms with Crippen molar-refractivity contribution in [1.29, 1.82) is 0 Å². The van der Waals surface area contributed by atoms with Crippen molar-refractivity contribution in [3.05, 3.63) is 24.3 Å². The van der Waals surface area contributed by atoms with Gasteiger partial charge in [-0.25, -0.2) is 9.97 Å². The number of fused-ring (bicyclic) bond motifs is 1. The van der Waals surface area contributed by atoms with Gasteiger partial charge in [-0.3, -0.25) is 0 Å². The van der Waals surface area contributed by atoms with Gasteiger partial charge >= 0.3 is 0 Å². The van der Waals surface area contributed by atoms with Crippen LogP contribution in [0, 0.1) is 0 Å². The summed E-state index contributed by atoms with van der Waals surface area (Å²) in [4.78, 5) is 15.1. The molecule has 2 aromatic heterocycles. The second-order valence-electron chi connectivity index (χ2n) is 2.78. The first-order valence-corrected chi connectivity index (χ1v) is 4.13. The van der Waals surface area contributed by atoms with E-state index in [1.165, 1.54) is 6.20 Å². The molecule has 72 valence electrons. The normalized spacial score (nSPS) is 11.4. The maximum Gasteiger partial charge on any atom is 0.222 e. The number of allylic oxidation sites excluding steroid dienone is 1. The van der Waals surface area contributed by atoms with E-state index in [1.807, 2.05) is 0 Å². The Hall–Kier alpha value is -2.11. The third-order valence-electron chi connectivity index (χ3n) is 1.75. The molecule has 2 heterocycles. The quantitative estimate of drug-likeness (QED) is 0.615. The molecule has 2 rings (SSSR count). The molecular weight excluding hydrogens is 180 g/mol. The zero-order valence-electron chi connectivity index (χ0n) is 7.44. The number of nitrogens with one attached hydrogen (secondary N) is 1. The van der Waals surface area contributed by atoms with Gasteiger partial charge in [-0.2, -0.15) is 4.98 Å². The van der Waals surface area contributed by atoms with E-state index in [1.54, 1.807) is 12.3 Å². The molecule has 0 spiro atoms. The van der Waals surface area contributed by atoms with Gasteiger partial charge in [-0.15, -0.1) is 0 Å². The van der Waals surface area contributed by atoms with Gasteiger partial charge in [-0.05, 0) is 6.20 Å². The maximum absolute atomic E-state index is 5.42. The molecule has 0 bridgehead atoms. The summed E-state index contributed by atoms with van der Waals surface area (Å²) in [5, 5.41) is 0. The first-order chi connectivity index (χ1) is 6.79. The fraction of sp³-hybridized carbons (Fsp3) is 0.125. The molecule has 0 aromatic carbocycles. The summed E-state index contributed by atoms with van der Waals surface area (Å²) in [5.74, 6) is 1.02. The molecule has 0 saturated carbocycles. The third-order valence-corrected chi connectivity index (χ3v) is 1.75. The van der Waals surface area contributed by atoms with Gasteiger partial charge in [0, 0.05) is 6.42 Å². The number of imidazole rings is 1. The minimum atomic E-state index is 0.227. The largest absolute Gasteiger partial charge is 0.405 e. The molecule has 5 N–H and O–H groups in total. The van der Waals surface area contributed by atoms with Gasteiger partial charge in [0.15, 0.2) is 5.65 Å². The van der Waals surface area contributed by atoms with Crippen molar-refractivity contribution >= 4 is 17.1 Å². The first kappa shape index (κ1) is 8.49. The molecule has 0 aliphatic carbocycles. The number of aromatic amines is 1. The fourth-order valence-electron chi connectivity index (χ4n) is 1.15. The molecule has 0 saturated heterocycles. The molecule has 14 heavy (non-hydrogen) atoms. The van der Waals surface area contributed by atoms with Gasteiger partial charge < -0.3 is 16.5 Å². The number of nitrogens with two attached hydrogens (primary N) is 2. The summed E-state index contributed by atoms with van der Waals surface area (Å²) in [6.45, 7) is 0. The molecule has 6 nitrogen and oxygen atoms in total. The number of nitrogens with zero attached hydrogens (tertiary/aromatic N) is 3. The summed E-state index contributed by atoms with van der Waals surface area (Å²) in [5.41, 5.74) is 12.0. The number of H-pyrrole nitrogens is 1. The van der Waals surface area contributed by atoms with Gasteiger partial charge in [0.05, 0.1) is 6.20 Å². The number of anilines is 1. The predicted molar refractivity (Wildman–Crippen MR) is 53.1 cm³/mol. The average molecular weight is 190 g/mol. The van der Waals surface area contributed by atoms with Crippen LogP contribution in [0.4, 0.5) is 5.95 Å². The summed E-state index contributed by atoms with van der Waals surface area (Å²) in [6.07, 6.45) is 5.54. The Morgan fingerprint density at radius 3 is 3.07 bits per heavy atom. The van der Waals surface area contributed by atoms with Crippen molar-refractivity contribution in [2.75, 3.05) is 5.73 Å². The molecule has 0 radical (unpaired) electrons. The minimum absolute atomic E-state index is 0.227. The number of hydrogen-bond acceptors (Lipinski definition) is 5. The zero-order valence-corrected chi connectivity index (χ0v) is 7.44. The number of nitrogen functional groups attached to an aromatic ring is 1. The molecule has 0 aliphatic heterocycles. The van der Waals surface area contributed by atoms with E-state index in [0.717, 1.165) is 11.3 Å². The van der Waals surface area contributed by atoms with Gasteiger partial charge in [0.2, 0.25) is 5.95 Å². The van der Waals surface area contributed by atoms with Crippen LogP contribution in [0.25, 0.3) is 11.2 Å². The van der Waals surface area contributed by atoms with E-state index < -0.39 is 0 Å². The number of rotatable bonds is 2. The van der Waals surface area contributed by atoms with Crippen molar-refractivity contribution in [2.45, 2.75) is 6.42 Å². The Kier molecular flexibility index (Phi) is 2.02. The van der Waals surface area contributed by atoms with E-state index in [-0.39, 0.29) is 5.95 Å². The highest BCUT2D eigenvalue weighted by Gasteiger charge is 2.02. The topological polar surface area (TPSA) is 106 Å². The standard InChI is InChI=1S/C8H10N6/c9-3-1-2-6-12-5-4-11-8(10)14-7(5)13-6/h1,3-4H,2,9H2,(H3,10,11,12,13,14). The summed E-state index contributed by atoms with van der Waals surface area (Å²) in [6, 6.07) is 0. The molecular formula is C8H10N6. The van der Waals surface area contributed by atoms with Crippen LogP contribution < -0.4 is 11.5 Å². The molecule has 0 unspecified atom stereocenters. The van der Waals surface area contributed by atoms with Crippen LogP contribution in [0.2, 0.25) is 0 Å². The molecule has 0 fully saturated rings. The lowest BCUT2D eigenvalue weighted by Gasteiger charge is -1.87. The Balaban J connectivity index is 2.41. The van der Waals surface area contributed by atoms with Crippen LogP contribution in [0.5, 0.6) is 0 Å². The van der Waals surface area contributed by atoms with Crippen LogP contribution in [0.15, 0.2) is 18.5 Å². The third kappa shape index (κ3) is 1.49. The first-order valence-electron chi connectivity index (χ1n) is 4.13. The Labute approximate surface area is 80.1 Å². The average Bonchev–Trinajstić information content (AvgIpc) is 2.56. The van der Waals surface area contributed by atoms with Crippen LogP contribution >= 0.6 is 0 Å². The maximum atomic E-state index is 5.42. The molecule has 2 aromatic rings. The highest BCUT2D eigenvalue weighted by atomic mass is 15.1. The van der Waals surface area contributed by atoms with Gasteiger partial charge in [0.25, 0.3) is 0 Å². The van der Waals surface area contributed by atoms with Crippen molar-refractivity contribution in [1.82, 2.24) is 19.9 Å². The summed E-state index contributed by atoms with van der Waals surface area (Å²) in [7, 11) is 0. The minimum Gasteiger partial charge on any atom is -0.405 e. The summed E-state index contributed by atoms with van der Waals surface area (Å²) < 4.78 is 0. The van der Waals surface area contributed by atoms with Crippen molar-refractivity contribution in [2.24, 2.45) is 5.73 Å². The zero-order chi connectivity index (χ0) is 9.97. The van der Waals surface area contributed by atoms with Crippen molar-refractivity contribution in [3.63, 3.8) is 0 Å². The van der Waals surface area contributed by atoms with Gasteiger partial charge in [-0.1, -0.05) is 6.08 Å². The SMILES string of the molecule is NC=CCc1nc2nc(N)ncc2[nH]1. The Morgan fingerprint density at radius 2 is 2.29 bits per heavy atom. The highest BCUT2D eigenvalue weighted by Crippen LogP contribution is 2.08. The predicted octanol–water partition coefficient (Wildman–Crippen LogP) is -0.0500. The van der Waals surface area contributed by atoms with Crippen LogP contribution in [0.3, 0.4) is 0 Å². The smallest absolute Gasteiger partial charge is 0.222 e. The van der Waals surface area contributed by atoms with E-state index in [9.17, 15) is 0 Å². The number of hydrogen-bond donors (Lipinski definition) is 3. The fourth-order valence-corrected chi connectivity index (χ4v) is 1.15. The van der Waals surface area contributed by atoms with E-state index in [2.05, 4.69) is 19.9 Å². The molecule has 0 aliphatic rings. The van der Waals surface area contributed by atoms with Crippen LogP contribution in [-0.4, -0.2) is 19.9 Å². The molecule has 0 atom stereocenters. The second kappa shape index (κ2) is 3.33. The lowest BCUT2D eigenvalue weighted by molar-refractivity contribution is 1.06. The Bertz CT molecular complexity index is 472. The monoisotopic (exact) mass is 190 g/mol. The van der Waals surface area contributed by atoms with Crippen LogP contribution in [0.1, 0.15) is 5.82 Å². The number of aromatic nitrogens is 4. The van der Waals surface area contributed by atoms with E-state index in [4.69, 9.17) is 11.5 Å². The molecule has 0 amide bonds. The van der Waals surface area contributed by atoms with Crippen LogP contribution in [-0.2, 0) is 6.42 Å². The van der Waals surface area contributed by atoms with E-state index >= 15 is 0 Å². The highest BCUT2D eigenvalue weighted by molar-refractivity contribution is 5.70. The Morgan fingerprint density at radius 1 is 1.43 bits per heavy atom. The molecule has 6 heteroatoms. The van der Waals surface area contributed by atoms with Crippen molar-refractivity contribution < 1.29 is 0 Å². The lowest BCUT2D eigenvalue weighted by Crippen LogP contribution is -1.93. The summed E-state index contributed by atoms with van der Waals surface area (Å²) >= 11 is 0. The second-order valence-corrected chi connectivity index (χ2v) is 2.78. The van der Waals surface area contributed by atoms with E-state index in [0.29, 0.717) is 12.1 Å².